The van der Waals surface area contributed by atoms with E-state index in [1.807, 2.05) is 0 Å². The lowest BCUT2D eigenvalue weighted by Gasteiger charge is -2.19. The molecule has 104 valence electrons. The van der Waals surface area contributed by atoms with E-state index in [0.717, 1.165) is 0 Å². The number of aromatic nitrogens is 1. The smallest absolute Gasteiger partial charge is 0.407 e. The van der Waals surface area contributed by atoms with Crippen LogP contribution in [0.15, 0.2) is 24.5 Å². The molecule has 0 saturated carbocycles. The Kier molecular flexibility index (Phi) is 5.29. The number of hydrogen-bond donors (Lipinski definition) is 2. The molecule has 0 atom stereocenters. The van der Waals surface area contributed by atoms with Crippen molar-refractivity contribution in [3.8, 4) is 0 Å². The molecule has 6 heteroatoms. The largest absolute Gasteiger partial charge is 0.444 e. The van der Waals surface area contributed by atoms with Gasteiger partial charge in [-0.05, 0) is 32.9 Å². The molecule has 0 aromatic carbocycles. The van der Waals surface area contributed by atoms with Gasteiger partial charge in [0.1, 0.15) is 5.60 Å². The third-order valence-corrected chi connectivity index (χ3v) is 2.02. The molecule has 0 bridgehead atoms. The van der Waals surface area contributed by atoms with Crippen LogP contribution >= 0.6 is 0 Å². The zero-order valence-corrected chi connectivity index (χ0v) is 11.4. The minimum absolute atomic E-state index is 0.201. The van der Waals surface area contributed by atoms with Crippen molar-refractivity contribution >= 4 is 12.0 Å². The van der Waals surface area contributed by atoms with E-state index in [9.17, 15) is 9.59 Å². The number of hydrogen-bond acceptors (Lipinski definition) is 4. The normalized spacial score (nSPS) is 10.7. The lowest BCUT2D eigenvalue weighted by molar-refractivity contribution is 0.0526. The van der Waals surface area contributed by atoms with Crippen LogP contribution in [0.1, 0.15) is 31.1 Å². The highest BCUT2D eigenvalue weighted by Gasteiger charge is 2.15. The van der Waals surface area contributed by atoms with Gasteiger partial charge in [-0.15, -0.1) is 0 Å². The number of ether oxygens (including phenoxy) is 1. The van der Waals surface area contributed by atoms with Crippen LogP contribution in [0.2, 0.25) is 0 Å². The summed E-state index contributed by atoms with van der Waals surface area (Å²) in [6, 6.07) is 3.24. The average Bonchev–Trinajstić information content (AvgIpc) is 2.33. The summed E-state index contributed by atoms with van der Waals surface area (Å²) in [6.07, 6.45) is 2.60. The third-order valence-electron chi connectivity index (χ3n) is 2.02. The molecule has 1 aromatic rings. The van der Waals surface area contributed by atoms with Gasteiger partial charge in [-0.25, -0.2) is 4.79 Å². The van der Waals surface area contributed by atoms with E-state index in [-0.39, 0.29) is 5.91 Å². The van der Waals surface area contributed by atoms with Crippen LogP contribution in [0.5, 0.6) is 0 Å². The maximum absolute atomic E-state index is 11.6. The molecule has 2 amide bonds. The van der Waals surface area contributed by atoms with Gasteiger partial charge in [0.15, 0.2) is 0 Å². The summed E-state index contributed by atoms with van der Waals surface area (Å²) in [5.74, 6) is -0.201. The molecule has 1 heterocycles. The fourth-order valence-electron chi connectivity index (χ4n) is 1.26. The fraction of sp³-hybridized carbons (Fsp3) is 0.462. The van der Waals surface area contributed by atoms with E-state index in [4.69, 9.17) is 4.74 Å². The second-order valence-electron chi connectivity index (χ2n) is 4.92. The van der Waals surface area contributed by atoms with Crippen LogP contribution in [0.4, 0.5) is 4.79 Å². The van der Waals surface area contributed by atoms with Gasteiger partial charge in [0.25, 0.3) is 5.91 Å². The van der Waals surface area contributed by atoms with Gasteiger partial charge >= 0.3 is 6.09 Å². The summed E-state index contributed by atoms with van der Waals surface area (Å²) in [5, 5.41) is 5.24. The predicted octanol–water partition coefficient (Wildman–Crippen LogP) is 1.34. The molecule has 19 heavy (non-hydrogen) atoms. The molecule has 0 radical (unpaired) electrons. The van der Waals surface area contributed by atoms with Gasteiger partial charge in [0, 0.05) is 31.0 Å². The summed E-state index contributed by atoms with van der Waals surface area (Å²) < 4.78 is 5.06. The number of pyridine rings is 1. The second-order valence-corrected chi connectivity index (χ2v) is 4.92. The number of carbonyl (C=O) groups excluding carboxylic acids is 2. The molecular weight excluding hydrogens is 246 g/mol. The highest BCUT2D eigenvalue weighted by Crippen LogP contribution is 2.05. The van der Waals surface area contributed by atoms with Gasteiger partial charge in [-0.1, -0.05) is 0 Å². The Labute approximate surface area is 112 Å². The molecule has 0 aliphatic rings. The number of nitrogens with zero attached hydrogens (tertiary/aromatic N) is 1. The topological polar surface area (TPSA) is 80.3 Å². The van der Waals surface area contributed by atoms with Crippen LogP contribution in [0.25, 0.3) is 0 Å². The lowest BCUT2D eigenvalue weighted by atomic mass is 10.2. The number of carbonyl (C=O) groups is 2. The first-order chi connectivity index (χ1) is 8.88. The van der Waals surface area contributed by atoms with Crippen molar-refractivity contribution in [3.05, 3.63) is 30.1 Å². The Morgan fingerprint density at radius 1 is 1.16 bits per heavy atom. The van der Waals surface area contributed by atoms with Crippen LogP contribution in [0.3, 0.4) is 0 Å². The molecule has 0 spiro atoms. The first kappa shape index (κ1) is 14.9. The molecule has 0 fully saturated rings. The van der Waals surface area contributed by atoms with Crippen molar-refractivity contribution in [2.75, 3.05) is 13.1 Å². The molecule has 0 saturated heterocycles. The molecule has 6 nitrogen and oxygen atoms in total. The van der Waals surface area contributed by atoms with Crippen molar-refractivity contribution in [3.63, 3.8) is 0 Å². The van der Waals surface area contributed by atoms with Crippen LogP contribution in [-0.2, 0) is 4.74 Å². The quantitative estimate of drug-likeness (QED) is 0.805. The van der Waals surface area contributed by atoms with Gasteiger partial charge in [-0.2, -0.15) is 0 Å². The standard InChI is InChI=1S/C13H19N3O3/c1-13(2,3)19-12(18)16-9-8-15-11(17)10-4-6-14-7-5-10/h4-7H,8-9H2,1-3H3,(H,15,17)(H,16,18). The Morgan fingerprint density at radius 3 is 2.32 bits per heavy atom. The predicted molar refractivity (Wildman–Crippen MR) is 70.8 cm³/mol. The van der Waals surface area contributed by atoms with E-state index >= 15 is 0 Å². The monoisotopic (exact) mass is 265 g/mol. The number of alkyl carbamates (subject to hydrolysis) is 1. The Bertz CT molecular complexity index is 427. The lowest BCUT2D eigenvalue weighted by Crippen LogP contribution is -2.37. The molecule has 2 N–H and O–H groups in total. The number of amides is 2. The zero-order chi connectivity index (χ0) is 14.3. The second kappa shape index (κ2) is 6.72. The molecular formula is C13H19N3O3. The summed E-state index contributed by atoms with van der Waals surface area (Å²) in [4.78, 5) is 26.8. The first-order valence-electron chi connectivity index (χ1n) is 6.03. The molecule has 0 aliphatic carbocycles. The summed E-state index contributed by atoms with van der Waals surface area (Å²) >= 11 is 0. The van der Waals surface area contributed by atoms with Crippen molar-refractivity contribution in [1.82, 2.24) is 15.6 Å². The number of nitrogens with one attached hydrogen (secondary N) is 2. The Balaban J connectivity index is 2.21. The Morgan fingerprint density at radius 2 is 1.74 bits per heavy atom. The summed E-state index contributed by atoms with van der Waals surface area (Å²) in [5.41, 5.74) is 0.0111. The van der Waals surface area contributed by atoms with Crippen molar-refractivity contribution in [2.24, 2.45) is 0 Å². The minimum Gasteiger partial charge on any atom is -0.444 e. The third kappa shape index (κ3) is 6.40. The van der Waals surface area contributed by atoms with Gasteiger partial charge in [0.2, 0.25) is 0 Å². The molecule has 0 aliphatic heterocycles. The number of rotatable bonds is 4. The van der Waals surface area contributed by atoms with Crippen molar-refractivity contribution < 1.29 is 14.3 Å². The average molecular weight is 265 g/mol. The molecule has 0 unspecified atom stereocenters. The van der Waals surface area contributed by atoms with E-state index < -0.39 is 11.7 Å². The molecule has 1 aromatic heterocycles. The fourth-order valence-corrected chi connectivity index (χ4v) is 1.26. The highest BCUT2D eigenvalue weighted by atomic mass is 16.6. The van der Waals surface area contributed by atoms with E-state index in [1.54, 1.807) is 45.3 Å². The van der Waals surface area contributed by atoms with Crippen molar-refractivity contribution in [1.29, 1.82) is 0 Å². The van der Waals surface area contributed by atoms with Gasteiger partial charge < -0.3 is 15.4 Å². The molecule has 1 rings (SSSR count). The minimum atomic E-state index is -0.523. The van der Waals surface area contributed by atoms with E-state index in [2.05, 4.69) is 15.6 Å². The first-order valence-corrected chi connectivity index (χ1v) is 6.03. The van der Waals surface area contributed by atoms with Gasteiger partial charge in [0.05, 0.1) is 0 Å². The Hall–Kier alpha value is -2.11. The van der Waals surface area contributed by atoms with Crippen molar-refractivity contribution in [2.45, 2.75) is 26.4 Å². The maximum atomic E-state index is 11.6. The summed E-state index contributed by atoms with van der Waals surface area (Å²) in [6.45, 7) is 6.01. The van der Waals surface area contributed by atoms with Gasteiger partial charge in [-0.3, -0.25) is 9.78 Å². The zero-order valence-electron chi connectivity index (χ0n) is 11.4. The van der Waals surface area contributed by atoms with E-state index in [1.165, 1.54) is 0 Å². The SMILES string of the molecule is CC(C)(C)OC(=O)NCCNC(=O)c1ccncc1. The highest BCUT2D eigenvalue weighted by molar-refractivity contribution is 5.93. The van der Waals surface area contributed by atoms with Crippen LogP contribution in [-0.4, -0.2) is 35.7 Å². The van der Waals surface area contributed by atoms with Crippen LogP contribution < -0.4 is 10.6 Å². The van der Waals surface area contributed by atoms with Crippen LogP contribution in [0, 0.1) is 0 Å². The maximum Gasteiger partial charge on any atom is 0.407 e. The summed E-state index contributed by atoms with van der Waals surface area (Å²) in [7, 11) is 0. The van der Waals surface area contributed by atoms with E-state index in [0.29, 0.717) is 18.7 Å².